The summed E-state index contributed by atoms with van der Waals surface area (Å²) in [5.41, 5.74) is 4.37. The smallest absolute Gasteiger partial charge is 0.331 e. The van der Waals surface area contributed by atoms with Crippen molar-refractivity contribution in [3.8, 4) is 11.1 Å². The van der Waals surface area contributed by atoms with Crippen LogP contribution in [0.15, 0.2) is 48.5 Å². The number of rotatable bonds is 5. The van der Waals surface area contributed by atoms with Crippen molar-refractivity contribution in [2.75, 3.05) is 13.8 Å². The molecule has 0 heterocycles. The Morgan fingerprint density at radius 3 is 2.12 bits per heavy atom. The summed E-state index contributed by atoms with van der Waals surface area (Å²) in [6, 6.07) is 14.6. The van der Waals surface area contributed by atoms with Gasteiger partial charge in [0.1, 0.15) is 6.67 Å². The summed E-state index contributed by atoms with van der Waals surface area (Å²) in [5, 5.41) is 2.42. The topological polar surface area (TPSA) is 55.4 Å². The van der Waals surface area contributed by atoms with Crippen LogP contribution in [0.25, 0.3) is 11.1 Å². The third-order valence-corrected chi connectivity index (χ3v) is 4.33. The molecule has 0 aliphatic heterocycles. The summed E-state index contributed by atoms with van der Waals surface area (Å²) in [4.78, 5) is 23.8. The fourth-order valence-corrected chi connectivity index (χ4v) is 3.22. The van der Waals surface area contributed by atoms with E-state index in [1.165, 1.54) is 7.11 Å². The zero-order valence-corrected chi connectivity index (χ0v) is 13.3. The largest absolute Gasteiger partial charge is 0.467 e. The van der Waals surface area contributed by atoms with E-state index in [0.29, 0.717) is 0 Å². The Labute approximate surface area is 139 Å². The first-order chi connectivity index (χ1) is 11.7. The van der Waals surface area contributed by atoms with Gasteiger partial charge < -0.3 is 10.1 Å². The zero-order valence-electron chi connectivity index (χ0n) is 13.3. The van der Waals surface area contributed by atoms with E-state index in [9.17, 15) is 14.0 Å². The molecular formula is C19H18FNO3. The lowest BCUT2D eigenvalue weighted by atomic mass is 9.93. The van der Waals surface area contributed by atoms with E-state index in [4.69, 9.17) is 0 Å². The van der Waals surface area contributed by atoms with E-state index in [-0.39, 0.29) is 18.2 Å². The van der Waals surface area contributed by atoms with Crippen LogP contribution in [0.2, 0.25) is 0 Å². The van der Waals surface area contributed by atoms with Gasteiger partial charge in [0.05, 0.1) is 7.11 Å². The Morgan fingerprint density at radius 1 is 1.08 bits per heavy atom. The highest BCUT2D eigenvalue weighted by atomic mass is 19.1. The highest BCUT2D eigenvalue weighted by Crippen LogP contribution is 2.45. The molecule has 24 heavy (non-hydrogen) atoms. The highest BCUT2D eigenvalue weighted by Gasteiger charge is 2.31. The van der Waals surface area contributed by atoms with E-state index in [2.05, 4.69) is 10.1 Å². The van der Waals surface area contributed by atoms with E-state index in [1.807, 2.05) is 48.5 Å². The Kier molecular flexibility index (Phi) is 4.60. The first kappa shape index (κ1) is 16.2. The maximum atomic E-state index is 12.9. The maximum Gasteiger partial charge on any atom is 0.331 e. The number of benzene rings is 2. The summed E-state index contributed by atoms with van der Waals surface area (Å²) in [5.74, 6) is -1.26. The molecule has 1 atom stereocenters. The molecule has 2 aromatic carbocycles. The van der Waals surface area contributed by atoms with Gasteiger partial charge in [0.25, 0.3) is 0 Å². The predicted octanol–water partition coefficient (Wildman–Crippen LogP) is 2.82. The molecule has 0 saturated heterocycles. The second kappa shape index (κ2) is 6.83. The van der Waals surface area contributed by atoms with Crippen LogP contribution in [0.1, 0.15) is 23.5 Å². The van der Waals surface area contributed by atoms with E-state index < -0.39 is 18.7 Å². The SMILES string of the molecule is COC(=O)C(CF)NC(=O)CC1c2ccccc2-c2ccccc21. The molecule has 0 radical (unpaired) electrons. The maximum absolute atomic E-state index is 12.9. The van der Waals surface area contributed by atoms with Crippen LogP contribution in [-0.2, 0) is 14.3 Å². The molecule has 1 unspecified atom stereocenters. The molecule has 2 aromatic rings. The van der Waals surface area contributed by atoms with E-state index in [0.717, 1.165) is 22.3 Å². The quantitative estimate of drug-likeness (QED) is 0.859. The first-order valence-electron chi connectivity index (χ1n) is 7.77. The minimum Gasteiger partial charge on any atom is -0.467 e. The number of methoxy groups -OCH3 is 1. The number of alkyl halides is 1. The molecule has 1 aliphatic carbocycles. The van der Waals surface area contributed by atoms with Crippen LogP contribution in [0.3, 0.4) is 0 Å². The molecule has 1 aliphatic rings. The number of hydrogen-bond acceptors (Lipinski definition) is 3. The van der Waals surface area contributed by atoms with Gasteiger partial charge >= 0.3 is 5.97 Å². The lowest BCUT2D eigenvalue weighted by molar-refractivity contribution is -0.145. The van der Waals surface area contributed by atoms with Crippen LogP contribution in [0.4, 0.5) is 4.39 Å². The van der Waals surface area contributed by atoms with E-state index >= 15 is 0 Å². The van der Waals surface area contributed by atoms with E-state index in [1.54, 1.807) is 0 Å². The van der Waals surface area contributed by atoms with Crippen LogP contribution < -0.4 is 5.32 Å². The highest BCUT2D eigenvalue weighted by molar-refractivity contribution is 5.87. The number of carbonyl (C=O) groups excluding carboxylic acids is 2. The predicted molar refractivity (Wildman–Crippen MR) is 88.3 cm³/mol. The first-order valence-corrected chi connectivity index (χ1v) is 7.77. The Balaban J connectivity index is 1.82. The number of carbonyl (C=O) groups is 2. The van der Waals surface area contributed by atoms with Gasteiger partial charge in [-0.3, -0.25) is 4.79 Å². The fourth-order valence-electron chi connectivity index (χ4n) is 3.22. The molecular weight excluding hydrogens is 309 g/mol. The molecule has 124 valence electrons. The van der Waals surface area contributed by atoms with Crippen molar-refractivity contribution < 1.29 is 18.7 Å². The molecule has 5 heteroatoms. The molecule has 1 amide bonds. The van der Waals surface area contributed by atoms with Crippen LogP contribution in [-0.4, -0.2) is 31.7 Å². The summed E-state index contributed by atoms with van der Waals surface area (Å²) >= 11 is 0. The van der Waals surface area contributed by atoms with Gasteiger partial charge in [0.15, 0.2) is 6.04 Å². The third-order valence-electron chi connectivity index (χ3n) is 4.33. The standard InChI is InChI=1S/C19H18FNO3/c1-24-19(23)17(11-20)21-18(22)10-16-14-8-4-2-6-12(14)13-7-3-5-9-15(13)16/h2-9,16-17H,10-11H2,1H3,(H,21,22). The van der Waals surface area contributed by atoms with Gasteiger partial charge in [-0.1, -0.05) is 48.5 Å². The van der Waals surface area contributed by atoms with Crippen LogP contribution >= 0.6 is 0 Å². The van der Waals surface area contributed by atoms with Crippen LogP contribution in [0, 0.1) is 0 Å². The molecule has 0 saturated carbocycles. The average Bonchev–Trinajstić information content (AvgIpc) is 2.93. The van der Waals surface area contributed by atoms with Gasteiger partial charge in [-0.05, 0) is 22.3 Å². The Bertz CT molecular complexity index is 729. The van der Waals surface area contributed by atoms with Gasteiger partial charge in [-0.2, -0.15) is 0 Å². The van der Waals surface area contributed by atoms with Crippen molar-refractivity contribution in [1.82, 2.24) is 5.32 Å². The normalized spacial score (nSPS) is 13.8. The molecule has 1 N–H and O–H groups in total. The second-order valence-corrected chi connectivity index (χ2v) is 5.73. The monoisotopic (exact) mass is 327 g/mol. The van der Waals surface area contributed by atoms with Crippen molar-refractivity contribution >= 4 is 11.9 Å². The molecule has 3 rings (SSSR count). The minimum absolute atomic E-state index is 0.102. The number of esters is 1. The van der Waals surface area contributed by atoms with Crippen molar-refractivity contribution in [3.63, 3.8) is 0 Å². The summed E-state index contributed by atoms with van der Waals surface area (Å²) in [6.07, 6.45) is 0.154. The summed E-state index contributed by atoms with van der Waals surface area (Å²) < 4.78 is 17.4. The number of nitrogens with one attached hydrogen (secondary N) is 1. The number of fused-ring (bicyclic) bond motifs is 3. The van der Waals surface area contributed by atoms with Gasteiger partial charge in [0, 0.05) is 12.3 Å². The third kappa shape index (κ3) is 2.89. The second-order valence-electron chi connectivity index (χ2n) is 5.73. The van der Waals surface area contributed by atoms with Crippen LogP contribution in [0.5, 0.6) is 0 Å². The lowest BCUT2D eigenvalue weighted by Crippen LogP contribution is -2.43. The van der Waals surface area contributed by atoms with Crippen molar-refractivity contribution in [2.45, 2.75) is 18.4 Å². The minimum atomic E-state index is -1.26. The fraction of sp³-hybridized carbons (Fsp3) is 0.263. The number of halogens is 1. The summed E-state index contributed by atoms with van der Waals surface area (Å²) in [6.45, 7) is -0.990. The van der Waals surface area contributed by atoms with Crippen molar-refractivity contribution in [1.29, 1.82) is 0 Å². The molecule has 4 nitrogen and oxygen atoms in total. The number of ether oxygens (including phenoxy) is 1. The van der Waals surface area contributed by atoms with Gasteiger partial charge in [-0.15, -0.1) is 0 Å². The van der Waals surface area contributed by atoms with Crippen molar-refractivity contribution in [2.24, 2.45) is 0 Å². The zero-order chi connectivity index (χ0) is 17.1. The Morgan fingerprint density at radius 2 is 1.62 bits per heavy atom. The number of hydrogen-bond donors (Lipinski definition) is 1. The molecule has 0 aromatic heterocycles. The lowest BCUT2D eigenvalue weighted by Gasteiger charge is -2.16. The molecule has 0 fully saturated rings. The molecule has 0 bridgehead atoms. The molecule has 0 spiro atoms. The average molecular weight is 327 g/mol. The number of amides is 1. The summed E-state index contributed by atoms with van der Waals surface area (Å²) in [7, 11) is 1.17. The van der Waals surface area contributed by atoms with Gasteiger partial charge in [-0.25, -0.2) is 9.18 Å². The van der Waals surface area contributed by atoms with Crippen molar-refractivity contribution in [3.05, 3.63) is 59.7 Å². The van der Waals surface area contributed by atoms with Gasteiger partial charge in [0.2, 0.25) is 5.91 Å². The Hall–Kier alpha value is -2.69.